The molecule has 2 aromatic carbocycles. The number of hydrogen-bond donors (Lipinski definition) is 0. The van der Waals surface area contributed by atoms with Gasteiger partial charge in [-0.25, -0.2) is 0 Å². The predicted molar refractivity (Wildman–Crippen MR) is 118 cm³/mol. The summed E-state index contributed by atoms with van der Waals surface area (Å²) < 4.78 is 17.2. The first-order chi connectivity index (χ1) is 14.1. The summed E-state index contributed by atoms with van der Waals surface area (Å²) in [6, 6.07) is 11.2. The largest absolute Gasteiger partial charge is 0.494 e. The molecule has 0 aliphatic heterocycles. The maximum absolute atomic E-state index is 12.5. The van der Waals surface area contributed by atoms with Crippen molar-refractivity contribution in [3.05, 3.63) is 59.2 Å². The average molecular weight is 397 g/mol. The summed E-state index contributed by atoms with van der Waals surface area (Å²) in [4.78, 5) is 12.5. The van der Waals surface area contributed by atoms with Crippen LogP contribution in [0.15, 0.2) is 42.5 Å². The van der Waals surface area contributed by atoms with Crippen molar-refractivity contribution in [3.63, 3.8) is 0 Å². The summed E-state index contributed by atoms with van der Waals surface area (Å²) in [5.41, 5.74) is 2.60. The molecule has 0 aliphatic rings. The van der Waals surface area contributed by atoms with Gasteiger partial charge in [0.25, 0.3) is 0 Å². The van der Waals surface area contributed by atoms with Gasteiger partial charge in [0.1, 0.15) is 17.2 Å². The number of carbonyl (C=O) groups excluding carboxylic acids is 1. The molecule has 0 atom stereocenters. The zero-order valence-corrected chi connectivity index (χ0v) is 18.0. The van der Waals surface area contributed by atoms with Gasteiger partial charge in [-0.1, -0.05) is 26.3 Å². The number of rotatable bonds is 12. The Kier molecular flexibility index (Phi) is 9.29. The van der Waals surface area contributed by atoms with E-state index in [0.717, 1.165) is 47.6 Å². The summed E-state index contributed by atoms with van der Waals surface area (Å²) in [7, 11) is 0. The van der Waals surface area contributed by atoms with Crippen molar-refractivity contribution in [2.24, 2.45) is 0 Å². The van der Waals surface area contributed by atoms with Crippen molar-refractivity contribution in [2.75, 3.05) is 19.8 Å². The Hall–Kier alpha value is -2.75. The van der Waals surface area contributed by atoms with E-state index >= 15 is 0 Å². The molecule has 0 saturated carbocycles. The molecule has 0 aliphatic carbocycles. The Morgan fingerprint density at radius 1 is 0.862 bits per heavy atom. The first kappa shape index (κ1) is 22.5. The Balaban J connectivity index is 2.22. The third-order valence-corrected chi connectivity index (χ3v) is 4.33. The minimum atomic E-state index is -0.0550. The molecule has 0 spiro atoms. The van der Waals surface area contributed by atoms with Crippen molar-refractivity contribution in [1.29, 1.82) is 0 Å². The highest BCUT2D eigenvalue weighted by molar-refractivity contribution is 6.06. The molecule has 29 heavy (non-hydrogen) atoms. The van der Waals surface area contributed by atoms with Crippen LogP contribution >= 0.6 is 0 Å². The second kappa shape index (κ2) is 11.9. The summed E-state index contributed by atoms with van der Waals surface area (Å²) >= 11 is 0. The second-order valence-corrected chi connectivity index (χ2v) is 6.68. The molecular formula is C25H32O4. The Labute approximate surface area is 174 Å². The molecule has 4 nitrogen and oxygen atoms in total. The van der Waals surface area contributed by atoms with E-state index in [1.165, 1.54) is 0 Å². The van der Waals surface area contributed by atoms with Gasteiger partial charge in [-0.2, -0.15) is 0 Å². The molecule has 0 radical (unpaired) electrons. The smallest absolute Gasteiger partial charge is 0.185 e. The van der Waals surface area contributed by atoms with Gasteiger partial charge in [0.2, 0.25) is 0 Å². The van der Waals surface area contributed by atoms with Crippen molar-refractivity contribution >= 4 is 11.9 Å². The zero-order valence-electron chi connectivity index (χ0n) is 18.0. The van der Waals surface area contributed by atoms with Crippen LogP contribution in [0, 0.1) is 0 Å². The van der Waals surface area contributed by atoms with Gasteiger partial charge >= 0.3 is 0 Å². The fourth-order valence-electron chi connectivity index (χ4n) is 3.00. The maximum atomic E-state index is 12.5. The van der Waals surface area contributed by atoms with Crippen LogP contribution in [-0.2, 0) is 6.42 Å². The quantitative estimate of drug-likeness (QED) is 0.320. The molecule has 2 rings (SSSR count). The first-order valence-electron chi connectivity index (χ1n) is 10.5. The van der Waals surface area contributed by atoms with Gasteiger partial charge in [0, 0.05) is 11.1 Å². The number of carbonyl (C=O) groups is 1. The van der Waals surface area contributed by atoms with E-state index in [0.29, 0.717) is 25.4 Å². The van der Waals surface area contributed by atoms with E-state index in [1.807, 2.05) is 44.2 Å². The molecule has 2 aromatic rings. The van der Waals surface area contributed by atoms with Crippen LogP contribution in [0.5, 0.6) is 17.2 Å². The Morgan fingerprint density at radius 2 is 1.48 bits per heavy atom. The van der Waals surface area contributed by atoms with Crippen LogP contribution in [0.25, 0.3) is 6.08 Å². The fraction of sp³-hybridized carbons (Fsp3) is 0.400. The lowest BCUT2D eigenvalue weighted by Gasteiger charge is -2.16. The molecular weight excluding hydrogens is 364 g/mol. The van der Waals surface area contributed by atoms with E-state index in [1.54, 1.807) is 18.2 Å². The Bertz CT molecular complexity index is 779. The molecule has 4 heteroatoms. The molecule has 156 valence electrons. The minimum Gasteiger partial charge on any atom is -0.494 e. The van der Waals surface area contributed by atoms with Gasteiger partial charge < -0.3 is 14.2 Å². The third kappa shape index (κ3) is 6.67. The monoisotopic (exact) mass is 396 g/mol. The molecule has 0 bridgehead atoms. The minimum absolute atomic E-state index is 0.0550. The van der Waals surface area contributed by atoms with Crippen LogP contribution in [0.4, 0.5) is 0 Å². The first-order valence-corrected chi connectivity index (χ1v) is 10.5. The van der Waals surface area contributed by atoms with Crippen molar-refractivity contribution in [1.82, 2.24) is 0 Å². The highest BCUT2D eigenvalue weighted by Crippen LogP contribution is 2.33. The summed E-state index contributed by atoms with van der Waals surface area (Å²) in [6.45, 7) is 9.97. The number of hydrogen-bond acceptors (Lipinski definition) is 4. The summed E-state index contributed by atoms with van der Waals surface area (Å²) in [5, 5.41) is 0. The molecule has 0 unspecified atom stereocenters. The molecule has 0 aromatic heterocycles. The number of ether oxygens (including phenoxy) is 3. The van der Waals surface area contributed by atoms with Crippen LogP contribution < -0.4 is 14.2 Å². The molecule has 0 N–H and O–H groups in total. The van der Waals surface area contributed by atoms with E-state index in [2.05, 4.69) is 13.8 Å². The molecule has 0 heterocycles. The molecule has 0 fully saturated rings. The zero-order chi connectivity index (χ0) is 21.1. The third-order valence-electron chi connectivity index (χ3n) is 4.33. The SMILES string of the molecule is CCCOc1ccc(C(=O)/C=C/c2cc(OCC)c(CCC)c(OCC)c2)cc1. The van der Waals surface area contributed by atoms with Crippen LogP contribution in [0.2, 0.25) is 0 Å². The summed E-state index contributed by atoms with van der Waals surface area (Å²) in [6.07, 6.45) is 6.24. The van der Waals surface area contributed by atoms with Crippen LogP contribution in [0.3, 0.4) is 0 Å². The standard InChI is InChI=1S/C25H32O4/c1-5-9-22-24(27-7-3)17-19(18-25(22)28-8-4)10-15-23(26)20-11-13-21(14-12-20)29-16-6-2/h10-15,17-18H,5-9,16H2,1-4H3/b15-10+. The highest BCUT2D eigenvalue weighted by Gasteiger charge is 2.12. The topological polar surface area (TPSA) is 44.8 Å². The number of benzene rings is 2. The highest BCUT2D eigenvalue weighted by atomic mass is 16.5. The van der Waals surface area contributed by atoms with Gasteiger partial charge in [-0.05, 0) is 74.7 Å². The lowest BCUT2D eigenvalue weighted by atomic mass is 10.0. The van der Waals surface area contributed by atoms with Gasteiger partial charge in [0.05, 0.1) is 19.8 Å². The maximum Gasteiger partial charge on any atom is 0.185 e. The van der Waals surface area contributed by atoms with E-state index in [9.17, 15) is 4.79 Å². The van der Waals surface area contributed by atoms with E-state index in [4.69, 9.17) is 14.2 Å². The average Bonchev–Trinajstić information content (AvgIpc) is 2.73. The number of allylic oxidation sites excluding steroid dienone is 1. The van der Waals surface area contributed by atoms with Crippen molar-refractivity contribution in [3.8, 4) is 17.2 Å². The second-order valence-electron chi connectivity index (χ2n) is 6.68. The Morgan fingerprint density at radius 3 is 2.00 bits per heavy atom. The van der Waals surface area contributed by atoms with Gasteiger partial charge in [-0.15, -0.1) is 0 Å². The molecule has 0 amide bonds. The van der Waals surface area contributed by atoms with Crippen LogP contribution in [0.1, 0.15) is 62.0 Å². The van der Waals surface area contributed by atoms with Crippen molar-refractivity contribution in [2.45, 2.75) is 47.0 Å². The van der Waals surface area contributed by atoms with E-state index in [-0.39, 0.29) is 5.78 Å². The van der Waals surface area contributed by atoms with Crippen LogP contribution in [-0.4, -0.2) is 25.6 Å². The molecule has 0 saturated heterocycles. The normalized spacial score (nSPS) is 10.9. The number of ketones is 1. The lowest BCUT2D eigenvalue weighted by molar-refractivity contribution is 0.104. The van der Waals surface area contributed by atoms with Gasteiger partial charge in [-0.3, -0.25) is 4.79 Å². The summed E-state index contributed by atoms with van der Waals surface area (Å²) in [5.74, 6) is 2.37. The van der Waals surface area contributed by atoms with Crippen molar-refractivity contribution < 1.29 is 19.0 Å². The van der Waals surface area contributed by atoms with E-state index < -0.39 is 0 Å². The predicted octanol–water partition coefficient (Wildman–Crippen LogP) is 6.12. The van der Waals surface area contributed by atoms with Gasteiger partial charge in [0.15, 0.2) is 5.78 Å². The lowest BCUT2D eigenvalue weighted by Crippen LogP contribution is -2.02. The fourth-order valence-corrected chi connectivity index (χ4v) is 3.00.